The van der Waals surface area contributed by atoms with Crippen molar-refractivity contribution in [1.82, 2.24) is 0 Å². The summed E-state index contributed by atoms with van der Waals surface area (Å²) in [6, 6.07) is 0. The average molecular weight is 157 g/mol. The van der Waals surface area contributed by atoms with Crippen molar-refractivity contribution in [3.8, 4) is 0 Å². The summed E-state index contributed by atoms with van der Waals surface area (Å²) < 4.78 is 0. The Morgan fingerprint density at radius 1 is 1.18 bits per heavy atom. The lowest BCUT2D eigenvalue weighted by atomic mass is 10.1. The molecule has 0 saturated carbocycles. The fraction of sp³-hybridized carbons (Fsp3) is 0.889. The molecule has 0 heterocycles. The first-order valence-electron chi connectivity index (χ1n) is 4.46. The monoisotopic (exact) mass is 157 g/mol. The van der Waals surface area contributed by atoms with Crippen LogP contribution < -0.4 is 0 Å². The average Bonchev–Trinajstić information content (AvgIpc) is 2.03. The summed E-state index contributed by atoms with van der Waals surface area (Å²) in [7, 11) is 1.58. The Labute approximate surface area is 69.6 Å². The Hall–Kier alpha value is -0.530. The van der Waals surface area contributed by atoms with Crippen molar-refractivity contribution in [3.63, 3.8) is 0 Å². The van der Waals surface area contributed by atoms with Gasteiger partial charge < -0.3 is 4.84 Å². The van der Waals surface area contributed by atoms with Crippen LogP contribution in [-0.2, 0) is 4.84 Å². The van der Waals surface area contributed by atoms with Crippen molar-refractivity contribution >= 4 is 6.21 Å². The molecule has 0 saturated heterocycles. The van der Waals surface area contributed by atoms with Crippen molar-refractivity contribution < 1.29 is 4.84 Å². The molecule has 0 fully saturated rings. The van der Waals surface area contributed by atoms with E-state index in [1.54, 1.807) is 7.11 Å². The predicted octanol–water partition coefficient (Wildman–Crippen LogP) is 2.98. The minimum absolute atomic E-state index is 1.05. The smallest absolute Gasteiger partial charge is 0.106 e. The fourth-order valence-corrected chi connectivity index (χ4v) is 0.966. The maximum Gasteiger partial charge on any atom is 0.106 e. The summed E-state index contributed by atoms with van der Waals surface area (Å²) in [5.41, 5.74) is 0. The Balaban J connectivity index is 2.85. The number of rotatable bonds is 7. The van der Waals surface area contributed by atoms with E-state index in [1.807, 2.05) is 6.21 Å². The third-order valence-electron chi connectivity index (χ3n) is 1.62. The van der Waals surface area contributed by atoms with Crippen molar-refractivity contribution in [1.29, 1.82) is 0 Å². The number of hydrogen-bond donors (Lipinski definition) is 0. The minimum Gasteiger partial charge on any atom is -0.399 e. The maximum atomic E-state index is 4.54. The van der Waals surface area contributed by atoms with Crippen LogP contribution in [0, 0.1) is 0 Å². The molecule has 0 N–H and O–H groups in total. The quantitative estimate of drug-likeness (QED) is 0.316. The van der Waals surface area contributed by atoms with Gasteiger partial charge in [0.05, 0.1) is 0 Å². The Kier molecular flexibility index (Phi) is 9.01. The van der Waals surface area contributed by atoms with E-state index in [1.165, 1.54) is 32.1 Å². The van der Waals surface area contributed by atoms with E-state index < -0.39 is 0 Å². The van der Waals surface area contributed by atoms with Gasteiger partial charge >= 0.3 is 0 Å². The molecule has 11 heavy (non-hydrogen) atoms. The van der Waals surface area contributed by atoms with Crippen LogP contribution in [0.5, 0.6) is 0 Å². The zero-order valence-electron chi connectivity index (χ0n) is 7.68. The van der Waals surface area contributed by atoms with E-state index in [2.05, 4.69) is 16.9 Å². The second kappa shape index (κ2) is 9.47. The van der Waals surface area contributed by atoms with E-state index in [9.17, 15) is 0 Å². The van der Waals surface area contributed by atoms with Gasteiger partial charge in [0.15, 0.2) is 0 Å². The molecule has 66 valence electrons. The summed E-state index contributed by atoms with van der Waals surface area (Å²) >= 11 is 0. The first-order chi connectivity index (χ1) is 5.41. The van der Waals surface area contributed by atoms with E-state index in [4.69, 9.17) is 0 Å². The molecule has 0 atom stereocenters. The normalized spacial score (nSPS) is 10.7. The second-order valence-electron chi connectivity index (χ2n) is 2.67. The lowest BCUT2D eigenvalue weighted by Crippen LogP contribution is -1.80. The molecule has 0 aromatic heterocycles. The first-order valence-corrected chi connectivity index (χ1v) is 4.46. The van der Waals surface area contributed by atoms with Crippen LogP contribution in [0.25, 0.3) is 0 Å². The zero-order chi connectivity index (χ0) is 8.36. The minimum atomic E-state index is 1.05. The van der Waals surface area contributed by atoms with Crippen LogP contribution in [0.15, 0.2) is 5.16 Å². The van der Waals surface area contributed by atoms with Crippen LogP contribution in [-0.4, -0.2) is 13.3 Å². The number of unbranched alkanes of at least 4 members (excludes halogenated alkanes) is 5. The first kappa shape index (κ1) is 10.5. The standard InChI is InChI=1S/C9H19NO/c1-3-4-5-6-7-8-9-10-11-2/h9H,3-8H2,1-2H3/b10-9-. The second-order valence-corrected chi connectivity index (χ2v) is 2.67. The zero-order valence-corrected chi connectivity index (χ0v) is 7.68. The molecule has 2 heteroatoms. The van der Waals surface area contributed by atoms with E-state index >= 15 is 0 Å². The van der Waals surface area contributed by atoms with Gasteiger partial charge in [-0.1, -0.05) is 37.8 Å². The molecule has 0 radical (unpaired) electrons. The van der Waals surface area contributed by atoms with Gasteiger partial charge in [0.2, 0.25) is 0 Å². The molecule has 2 nitrogen and oxygen atoms in total. The molecule has 0 spiro atoms. The number of oxime groups is 1. The fourth-order valence-electron chi connectivity index (χ4n) is 0.966. The summed E-state index contributed by atoms with van der Waals surface area (Å²) in [6.45, 7) is 2.23. The molecule has 0 aliphatic heterocycles. The molecule has 0 aliphatic rings. The van der Waals surface area contributed by atoms with Crippen LogP contribution in [0.3, 0.4) is 0 Å². The molecule has 0 rings (SSSR count). The number of nitrogens with zero attached hydrogens (tertiary/aromatic N) is 1. The van der Waals surface area contributed by atoms with Crippen LogP contribution >= 0.6 is 0 Å². The maximum absolute atomic E-state index is 4.54. The highest BCUT2D eigenvalue weighted by atomic mass is 16.6. The largest absolute Gasteiger partial charge is 0.399 e. The molecule has 0 unspecified atom stereocenters. The highest BCUT2D eigenvalue weighted by Crippen LogP contribution is 2.03. The van der Waals surface area contributed by atoms with Gasteiger partial charge in [-0.3, -0.25) is 0 Å². The molecular weight excluding hydrogens is 138 g/mol. The van der Waals surface area contributed by atoms with Gasteiger partial charge in [-0.15, -0.1) is 0 Å². The lowest BCUT2D eigenvalue weighted by Gasteiger charge is -1.94. The van der Waals surface area contributed by atoms with Crippen molar-refractivity contribution in [2.75, 3.05) is 7.11 Å². The van der Waals surface area contributed by atoms with Crippen molar-refractivity contribution in [2.24, 2.45) is 5.16 Å². The Bertz CT molecular complexity index is 91.6. The Morgan fingerprint density at radius 3 is 2.55 bits per heavy atom. The van der Waals surface area contributed by atoms with E-state index in [-0.39, 0.29) is 0 Å². The molecular formula is C9H19NO. The van der Waals surface area contributed by atoms with Gasteiger partial charge in [-0.05, 0) is 12.8 Å². The summed E-state index contributed by atoms with van der Waals surface area (Å²) in [5.74, 6) is 0. The van der Waals surface area contributed by atoms with E-state index in [0.717, 1.165) is 6.42 Å². The highest BCUT2D eigenvalue weighted by molar-refractivity contribution is 5.55. The van der Waals surface area contributed by atoms with Gasteiger partial charge in [0, 0.05) is 6.21 Å². The van der Waals surface area contributed by atoms with E-state index in [0.29, 0.717) is 0 Å². The molecule has 0 bridgehead atoms. The third-order valence-corrected chi connectivity index (χ3v) is 1.62. The molecule has 0 aliphatic carbocycles. The molecule has 0 aromatic carbocycles. The van der Waals surface area contributed by atoms with Crippen LogP contribution in [0.2, 0.25) is 0 Å². The van der Waals surface area contributed by atoms with Gasteiger partial charge in [0.25, 0.3) is 0 Å². The summed E-state index contributed by atoms with van der Waals surface area (Å²) in [6.07, 6.45) is 9.49. The highest BCUT2D eigenvalue weighted by Gasteiger charge is 1.86. The SMILES string of the molecule is CCCCCCC/C=N\OC. The lowest BCUT2D eigenvalue weighted by molar-refractivity contribution is 0.214. The topological polar surface area (TPSA) is 21.6 Å². The summed E-state index contributed by atoms with van der Waals surface area (Å²) in [5, 5.41) is 3.66. The predicted molar refractivity (Wildman–Crippen MR) is 48.9 cm³/mol. The molecule has 0 aromatic rings. The van der Waals surface area contributed by atoms with Crippen molar-refractivity contribution in [3.05, 3.63) is 0 Å². The third kappa shape index (κ3) is 9.47. The Morgan fingerprint density at radius 2 is 1.91 bits per heavy atom. The van der Waals surface area contributed by atoms with Gasteiger partial charge in [0.1, 0.15) is 7.11 Å². The van der Waals surface area contributed by atoms with Crippen LogP contribution in [0.1, 0.15) is 45.4 Å². The van der Waals surface area contributed by atoms with Gasteiger partial charge in [-0.25, -0.2) is 0 Å². The van der Waals surface area contributed by atoms with Crippen LogP contribution in [0.4, 0.5) is 0 Å². The van der Waals surface area contributed by atoms with Crippen molar-refractivity contribution in [2.45, 2.75) is 45.4 Å². The number of hydrogen-bond acceptors (Lipinski definition) is 2. The molecule has 0 amide bonds. The summed E-state index contributed by atoms with van der Waals surface area (Å²) in [4.78, 5) is 4.54. The van der Waals surface area contributed by atoms with Gasteiger partial charge in [-0.2, -0.15) is 0 Å².